The van der Waals surface area contributed by atoms with Crippen molar-refractivity contribution in [1.82, 2.24) is 0 Å². The maximum atomic E-state index is 11.3. The Balaban J connectivity index is 1.81. The summed E-state index contributed by atoms with van der Waals surface area (Å²) in [5, 5.41) is 0. The van der Waals surface area contributed by atoms with Gasteiger partial charge in [-0.25, -0.2) is 0 Å². The predicted molar refractivity (Wildman–Crippen MR) is 81.4 cm³/mol. The Kier molecular flexibility index (Phi) is 5.04. The zero-order valence-electron chi connectivity index (χ0n) is 11.6. The minimum absolute atomic E-state index is 0.327. The van der Waals surface area contributed by atoms with E-state index in [2.05, 4.69) is 0 Å². The van der Waals surface area contributed by atoms with Gasteiger partial charge in [0.2, 0.25) is 0 Å². The van der Waals surface area contributed by atoms with E-state index in [-0.39, 0.29) is 0 Å². The van der Waals surface area contributed by atoms with Crippen LogP contribution in [0.2, 0.25) is 0 Å². The number of benzene rings is 2. The molecule has 0 aliphatic carbocycles. The maximum absolute atomic E-state index is 11.3. The van der Waals surface area contributed by atoms with E-state index in [1.807, 2.05) is 30.3 Å². The van der Waals surface area contributed by atoms with Crippen molar-refractivity contribution in [3.8, 4) is 11.5 Å². The lowest BCUT2D eigenvalue weighted by molar-refractivity contribution is 0.0996. The molecule has 0 aromatic heterocycles. The second-order valence-electron chi connectivity index (χ2n) is 4.48. The minimum Gasteiger partial charge on any atom is -0.493 e. The zero-order chi connectivity index (χ0) is 15.1. The largest absolute Gasteiger partial charge is 0.493 e. The molecule has 0 radical (unpaired) electrons. The summed E-state index contributed by atoms with van der Waals surface area (Å²) in [6.07, 6.45) is 0.682. The molecule has 0 saturated heterocycles. The molecule has 2 aromatic carbocycles. The van der Waals surface area contributed by atoms with Gasteiger partial charge in [-0.1, -0.05) is 18.2 Å². The van der Waals surface area contributed by atoms with Crippen molar-refractivity contribution in [2.75, 3.05) is 18.9 Å². The number of amides is 1. The first-order chi connectivity index (χ1) is 10.2. The molecular weight excluding hydrogens is 268 g/mol. The Morgan fingerprint density at radius 3 is 2.43 bits per heavy atom. The number of carbonyl (C=O) groups excluding carboxylic acids is 1. The van der Waals surface area contributed by atoms with Crippen LogP contribution < -0.4 is 20.9 Å². The van der Waals surface area contributed by atoms with E-state index in [0.717, 1.165) is 5.75 Å². The number of rotatable bonds is 7. The molecule has 0 saturated carbocycles. The number of hydrogen-bond donors (Lipinski definition) is 2. The number of nitrogens with two attached hydrogens (primary N) is 2. The van der Waals surface area contributed by atoms with Crippen LogP contribution in [0, 0.1) is 0 Å². The molecule has 21 heavy (non-hydrogen) atoms. The second kappa shape index (κ2) is 7.19. The molecule has 110 valence electrons. The number of anilines is 1. The first kappa shape index (κ1) is 14.7. The number of para-hydroxylation sites is 1. The third kappa shape index (κ3) is 4.42. The van der Waals surface area contributed by atoms with Gasteiger partial charge in [0.05, 0.1) is 18.8 Å². The monoisotopic (exact) mass is 286 g/mol. The first-order valence-corrected chi connectivity index (χ1v) is 6.67. The summed E-state index contributed by atoms with van der Waals surface area (Å²) in [4.78, 5) is 11.3. The average molecular weight is 286 g/mol. The third-order valence-corrected chi connectivity index (χ3v) is 2.83. The predicted octanol–water partition coefficient (Wildman–Crippen LogP) is 2.22. The summed E-state index contributed by atoms with van der Waals surface area (Å²) < 4.78 is 11.1. The molecule has 5 nitrogen and oxygen atoms in total. The fourth-order valence-corrected chi connectivity index (χ4v) is 1.81. The molecule has 0 bridgehead atoms. The van der Waals surface area contributed by atoms with Gasteiger partial charge in [-0.15, -0.1) is 0 Å². The van der Waals surface area contributed by atoms with Crippen molar-refractivity contribution < 1.29 is 14.3 Å². The van der Waals surface area contributed by atoms with Crippen LogP contribution in [-0.4, -0.2) is 19.1 Å². The summed E-state index contributed by atoms with van der Waals surface area (Å²) in [6.45, 7) is 0.939. The molecule has 0 unspecified atom stereocenters. The van der Waals surface area contributed by atoms with Crippen LogP contribution in [0.15, 0.2) is 48.5 Å². The fourth-order valence-electron chi connectivity index (χ4n) is 1.81. The molecule has 1 amide bonds. The van der Waals surface area contributed by atoms with E-state index in [1.54, 1.807) is 18.2 Å². The Labute approximate surface area is 123 Å². The Morgan fingerprint density at radius 1 is 1.00 bits per heavy atom. The van der Waals surface area contributed by atoms with Gasteiger partial charge in [-0.2, -0.15) is 0 Å². The van der Waals surface area contributed by atoms with Gasteiger partial charge in [-0.05, 0) is 24.3 Å². The van der Waals surface area contributed by atoms with Crippen molar-refractivity contribution in [1.29, 1.82) is 0 Å². The molecule has 0 heterocycles. The van der Waals surface area contributed by atoms with Gasteiger partial charge in [0.25, 0.3) is 5.91 Å². The van der Waals surface area contributed by atoms with Gasteiger partial charge >= 0.3 is 0 Å². The van der Waals surface area contributed by atoms with Crippen LogP contribution in [0.1, 0.15) is 16.8 Å². The molecule has 0 atom stereocenters. The molecule has 0 spiro atoms. The van der Waals surface area contributed by atoms with Gasteiger partial charge in [0.1, 0.15) is 11.5 Å². The molecule has 0 aliphatic rings. The van der Waals surface area contributed by atoms with Gasteiger partial charge in [0.15, 0.2) is 0 Å². The second-order valence-corrected chi connectivity index (χ2v) is 4.48. The minimum atomic E-state index is -0.537. The lowest BCUT2D eigenvalue weighted by Gasteiger charge is -2.11. The fraction of sp³-hybridized carbons (Fsp3) is 0.188. The Morgan fingerprint density at radius 2 is 1.71 bits per heavy atom. The van der Waals surface area contributed by atoms with Crippen molar-refractivity contribution in [3.05, 3.63) is 54.1 Å². The van der Waals surface area contributed by atoms with Crippen LogP contribution in [0.5, 0.6) is 11.5 Å². The third-order valence-electron chi connectivity index (χ3n) is 2.83. The van der Waals surface area contributed by atoms with Crippen LogP contribution >= 0.6 is 0 Å². The number of hydrogen-bond acceptors (Lipinski definition) is 4. The number of ether oxygens (including phenoxy) is 2. The van der Waals surface area contributed by atoms with Gasteiger partial charge in [0, 0.05) is 18.2 Å². The molecule has 2 rings (SSSR count). The normalized spacial score (nSPS) is 10.1. The van der Waals surface area contributed by atoms with Crippen LogP contribution in [-0.2, 0) is 0 Å². The van der Waals surface area contributed by atoms with Crippen LogP contribution in [0.4, 0.5) is 5.69 Å². The quantitative estimate of drug-likeness (QED) is 0.603. The van der Waals surface area contributed by atoms with E-state index in [0.29, 0.717) is 36.6 Å². The highest BCUT2D eigenvalue weighted by atomic mass is 16.5. The van der Waals surface area contributed by atoms with Crippen LogP contribution in [0.3, 0.4) is 0 Å². The summed E-state index contributed by atoms with van der Waals surface area (Å²) in [5.41, 5.74) is 11.8. The molecule has 0 fully saturated rings. The summed E-state index contributed by atoms with van der Waals surface area (Å²) >= 11 is 0. The smallest absolute Gasteiger partial charge is 0.252 e. The van der Waals surface area contributed by atoms with Crippen molar-refractivity contribution in [2.45, 2.75) is 6.42 Å². The Hall–Kier alpha value is -2.69. The van der Waals surface area contributed by atoms with E-state index in [9.17, 15) is 4.79 Å². The van der Waals surface area contributed by atoms with Crippen LogP contribution in [0.25, 0.3) is 0 Å². The van der Waals surface area contributed by atoms with E-state index in [4.69, 9.17) is 20.9 Å². The molecule has 0 aliphatic heterocycles. The standard InChI is InChI=1S/C16H18N2O3/c17-12-7-8-14(16(18)19)15(11-12)21-10-4-9-20-13-5-2-1-3-6-13/h1-3,5-8,11H,4,9-10,17H2,(H2,18,19). The van der Waals surface area contributed by atoms with Crippen molar-refractivity contribution >= 4 is 11.6 Å². The molecule has 4 N–H and O–H groups in total. The molecular formula is C16H18N2O3. The maximum Gasteiger partial charge on any atom is 0.252 e. The molecule has 2 aromatic rings. The van der Waals surface area contributed by atoms with Gasteiger partial charge < -0.3 is 20.9 Å². The SMILES string of the molecule is NC(=O)c1ccc(N)cc1OCCCOc1ccccc1. The highest BCUT2D eigenvalue weighted by Crippen LogP contribution is 2.21. The van der Waals surface area contributed by atoms with E-state index >= 15 is 0 Å². The zero-order valence-corrected chi connectivity index (χ0v) is 11.6. The highest BCUT2D eigenvalue weighted by molar-refractivity contribution is 5.96. The van der Waals surface area contributed by atoms with E-state index < -0.39 is 5.91 Å². The van der Waals surface area contributed by atoms with E-state index in [1.165, 1.54) is 0 Å². The number of carbonyl (C=O) groups is 1. The summed E-state index contributed by atoms with van der Waals surface area (Å²) in [5.74, 6) is 0.687. The lowest BCUT2D eigenvalue weighted by atomic mass is 10.1. The first-order valence-electron chi connectivity index (χ1n) is 6.67. The lowest BCUT2D eigenvalue weighted by Crippen LogP contribution is -2.14. The van der Waals surface area contributed by atoms with Gasteiger partial charge in [-0.3, -0.25) is 4.79 Å². The summed E-state index contributed by atoms with van der Waals surface area (Å²) in [6, 6.07) is 14.3. The molecule has 5 heteroatoms. The van der Waals surface area contributed by atoms with Crippen molar-refractivity contribution in [3.63, 3.8) is 0 Å². The topological polar surface area (TPSA) is 87.6 Å². The average Bonchev–Trinajstić information content (AvgIpc) is 2.48. The van der Waals surface area contributed by atoms with Crippen molar-refractivity contribution in [2.24, 2.45) is 5.73 Å². The Bertz CT molecular complexity index is 600. The highest BCUT2D eigenvalue weighted by Gasteiger charge is 2.09. The number of nitrogen functional groups attached to an aromatic ring is 1. The summed E-state index contributed by atoms with van der Waals surface area (Å²) in [7, 11) is 0. The number of primary amides is 1.